The second-order valence-corrected chi connectivity index (χ2v) is 4.96. The van der Waals surface area contributed by atoms with Crippen molar-refractivity contribution in [1.82, 2.24) is 15.2 Å². The van der Waals surface area contributed by atoms with Crippen molar-refractivity contribution < 1.29 is 4.79 Å². The first-order valence-corrected chi connectivity index (χ1v) is 6.81. The lowest BCUT2D eigenvalue weighted by Gasteiger charge is -2.36. The Morgan fingerprint density at radius 2 is 1.95 bits per heavy atom. The van der Waals surface area contributed by atoms with Gasteiger partial charge in [-0.25, -0.2) is 4.98 Å². The fourth-order valence-electron chi connectivity index (χ4n) is 2.40. The van der Waals surface area contributed by atoms with Crippen LogP contribution in [-0.2, 0) is 4.79 Å². The molecular weight excluding hydrogens is 311 g/mol. The Morgan fingerprint density at radius 1 is 1.29 bits per heavy atom. The van der Waals surface area contributed by atoms with Gasteiger partial charge in [0.05, 0.1) is 0 Å². The number of halogens is 2. The molecule has 0 spiro atoms. The summed E-state index contributed by atoms with van der Waals surface area (Å²) in [5.41, 5.74) is 0. The summed E-state index contributed by atoms with van der Waals surface area (Å²) < 4.78 is 0. The molecule has 0 bridgehead atoms. The Hall–Kier alpha value is -1.04. The number of nitrogens with one attached hydrogen (secondary N) is 1. The van der Waals surface area contributed by atoms with Gasteiger partial charge in [-0.05, 0) is 19.2 Å². The number of anilines is 1. The third-order valence-electron chi connectivity index (χ3n) is 3.50. The maximum Gasteiger partial charge on any atom is 0.226 e. The number of rotatable bonds is 4. The van der Waals surface area contributed by atoms with Crippen molar-refractivity contribution in [3.8, 4) is 0 Å². The Morgan fingerprint density at radius 3 is 2.48 bits per heavy atom. The maximum absolute atomic E-state index is 12.2. The van der Waals surface area contributed by atoms with Crippen molar-refractivity contribution in [3.63, 3.8) is 0 Å². The van der Waals surface area contributed by atoms with Crippen LogP contribution in [0.4, 0.5) is 5.82 Å². The summed E-state index contributed by atoms with van der Waals surface area (Å²) >= 11 is 0. The fourth-order valence-corrected chi connectivity index (χ4v) is 2.40. The van der Waals surface area contributed by atoms with Crippen molar-refractivity contribution >= 4 is 36.5 Å². The van der Waals surface area contributed by atoms with E-state index in [1.54, 1.807) is 0 Å². The van der Waals surface area contributed by atoms with E-state index >= 15 is 0 Å². The second kappa shape index (κ2) is 9.82. The zero-order valence-electron chi connectivity index (χ0n) is 12.5. The van der Waals surface area contributed by atoms with Crippen LogP contribution < -0.4 is 10.2 Å². The zero-order chi connectivity index (χ0) is 13.7. The van der Waals surface area contributed by atoms with E-state index in [1.807, 2.05) is 43.3 Å². The maximum atomic E-state index is 12.2. The van der Waals surface area contributed by atoms with Gasteiger partial charge in [0, 0.05) is 44.8 Å². The van der Waals surface area contributed by atoms with Crippen LogP contribution in [0.5, 0.6) is 0 Å². The molecule has 1 aromatic rings. The molecule has 0 aromatic carbocycles. The van der Waals surface area contributed by atoms with E-state index in [-0.39, 0.29) is 36.6 Å². The molecule has 1 aliphatic heterocycles. The van der Waals surface area contributed by atoms with E-state index in [9.17, 15) is 4.79 Å². The molecular formula is C14H24Cl2N4O. The Kier molecular flexibility index (Phi) is 9.33. The molecule has 0 radical (unpaired) electrons. The van der Waals surface area contributed by atoms with Crippen molar-refractivity contribution in [2.24, 2.45) is 5.92 Å². The van der Waals surface area contributed by atoms with E-state index in [2.05, 4.69) is 15.2 Å². The third kappa shape index (κ3) is 5.34. The zero-order valence-corrected chi connectivity index (χ0v) is 14.1. The van der Waals surface area contributed by atoms with Gasteiger partial charge in [0.2, 0.25) is 5.91 Å². The van der Waals surface area contributed by atoms with Gasteiger partial charge in [-0.15, -0.1) is 24.8 Å². The molecule has 1 fully saturated rings. The molecule has 1 amide bonds. The van der Waals surface area contributed by atoms with Gasteiger partial charge in [0.25, 0.3) is 0 Å². The van der Waals surface area contributed by atoms with Crippen molar-refractivity contribution in [3.05, 3.63) is 24.4 Å². The van der Waals surface area contributed by atoms with E-state index in [4.69, 9.17) is 0 Å². The van der Waals surface area contributed by atoms with Crippen molar-refractivity contribution in [2.45, 2.75) is 6.92 Å². The van der Waals surface area contributed by atoms with Crippen LogP contribution in [-0.4, -0.2) is 55.6 Å². The standard InChI is InChI=1S/C14H22N4O.2ClH/c1-12(11-15-2)14(19)18-9-7-17(8-10-18)13-5-3-4-6-16-13;;/h3-6,12,15H,7-11H2,1-2H3;2*1H. The van der Waals surface area contributed by atoms with E-state index in [0.29, 0.717) is 0 Å². The molecule has 7 heteroatoms. The lowest BCUT2D eigenvalue weighted by atomic mass is 10.1. The predicted octanol–water partition coefficient (Wildman–Crippen LogP) is 1.43. The summed E-state index contributed by atoms with van der Waals surface area (Å²) in [5.74, 6) is 1.29. The van der Waals surface area contributed by atoms with E-state index in [1.165, 1.54) is 0 Å². The quantitative estimate of drug-likeness (QED) is 0.904. The number of carbonyl (C=O) groups excluding carboxylic acids is 1. The molecule has 1 aliphatic rings. The van der Waals surface area contributed by atoms with Crippen molar-refractivity contribution in [2.75, 3.05) is 44.7 Å². The molecule has 2 heterocycles. The minimum Gasteiger partial charge on any atom is -0.353 e. The highest BCUT2D eigenvalue weighted by atomic mass is 35.5. The minimum atomic E-state index is 0. The van der Waals surface area contributed by atoms with Crippen LogP contribution >= 0.6 is 24.8 Å². The molecule has 0 saturated carbocycles. The first-order valence-electron chi connectivity index (χ1n) is 6.81. The Labute approximate surface area is 138 Å². The molecule has 1 unspecified atom stereocenters. The topological polar surface area (TPSA) is 48.5 Å². The Balaban J connectivity index is 0.00000200. The number of nitrogens with zero attached hydrogens (tertiary/aromatic N) is 3. The SMILES string of the molecule is CNCC(C)C(=O)N1CCN(c2ccccn2)CC1.Cl.Cl. The van der Waals surface area contributed by atoms with Crippen LogP contribution in [0.1, 0.15) is 6.92 Å². The fraction of sp³-hybridized carbons (Fsp3) is 0.571. The van der Waals surface area contributed by atoms with Crippen LogP contribution in [0.2, 0.25) is 0 Å². The third-order valence-corrected chi connectivity index (χ3v) is 3.50. The largest absolute Gasteiger partial charge is 0.353 e. The number of aromatic nitrogens is 1. The van der Waals surface area contributed by atoms with Gasteiger partial charge in [0.15, 0.2) is 0 Å². The number of pyridine rings is 1. The van der Waals surface area contributed by atoms with Gasteiger partial charge in [0.1, 0.15) is 5.82 Å². The number of hydrogen-bond acceptors (Lipinski definition) is 4. The predicted molar refractivity (Wildman–Crippen MR) is 90.6 cm³/mol. The monoisotopic (exact) mass is 334 g/mol. The molecule has 21 heavy (non-hydrogen) atoms. The van der Waals surface area contributed by atoms with Gasteiger partial charge < -0.3 is 15.1 Å². The first kappa shape index (κ1) is 20.0. The average molecular weight is 335 g/mol. The molecule has 1 N–H and O–H groups in total. The lowest BCUT2D eigenvalue weighted by molar-refractivity contribution is -0.135. The summed E-state index contributed by atoms with van der Waals surface area (Å²) in [5, 5.41) is 3.05. The summed E-state index contributed by atoms with van der Waals surface area (Å²) in [6.45, 7) is 5.99. The molecule has 120 valence electrons. The van der Waals surface area contributed by atoms with Crippen LogP contribution in [0.25, 0.3) is 0 Å². The van der Waals surface area contributed by atoms with E-state index < -0.39 is 0 Å². The average Bonchev–Trinajstić information content (AvgIpc) is 2.48. The molecule has 1 aromatic heterocycles. The number of piperazine rings is 1. The number of hydrogen-bond donors (Lipinski definition) is 1. The van der Waals surface area contributed by atoms with Crippen molar-refractivity contribution in [1.29, 1.82) is 0 Å². The van der Waals surface area contributed by atoms with Gasteiger partial charge in [-0.1, -0.05) is 13.0 Å². The summed E-state index contributed by atoms with van der Waals surface area (Å²) in [6.07, 6.45) is 1.81. The smallest absolute Gasteiger partial charge is 0.226 e. The molecule has 5 nitrogen and oxygen atoms in total. The van der Waals surface area contributed by atoms with Gasteiger partial charge in [-0.3, -0.25) is 4.79 Å². The normalized spacial score (nSPS) is 15.7. The molecule has 1 atom stereocenters. The van der Waals surface area contributed by atoms with Crippen LogP contribution in [0.15, 0.2) is 24.4 Å². The lowest BCUT2D eigenvalue weighted by Crippen LogP contribution is -2.51. The molecule has 2 rings (SSSR count). The second-order valence-electron chi connectivity index (χ2n) is 4.96. The van der Waals surface area contributed by atoms with Gasteiger partial charge in [-0.2, -0.15) is 0 Å². The highest BCUT2D eigenvalue weighted by molar-refractivity contribution is 5.85. The summed E-state index contributed by atoms with van der Waals surface area (Å²) in [6, 6.07) is 5.93. The van der Waals surface area contributed by atoms with Gasteiger partial charge >= 0.3 is 0 Å². The molecule has 1 saturated heterocycles. The minimum absolute atomic E-state index is 0. The summed E-state index contributed by atoms with van der Waals surface area (Å²) in [7, 11) is 1.88. The Bertz CT molecular complexity index is 411. The van der Waals surface area contributed by atoms with E-state index in [0.717, 1.165) is 38.5 Å². The number of amides is 1. The molecule has 0 aliphatic carbocycles. The first-order chi connectivity index (χ1) is 9.22. The highest BCUT2D eigenvalue weighted by Gasteiger charge is 2.24. The van der Waals surface area contributed by atoms with Crippen LogP contribution in [0.3, 0.4) is 0 Å². The van der Waals surface area contributed by atoms with Crippen LogP contribution in [0, 0.1) is 5.92 Å². The highest BCUT2D eigenvalue weighted by Crippen LogP contribution is 2.13. The number of carbonyl (C=O) groups is 1. The summed E-state index contributed by atoms with van der Waals surface area (Å²) in [4.78, 5) is 20.7.